The minimum Gasteiger partial charge on any atom is -0.355 e. The minimum absolute atomic E-state index is 0.147. The third-order valence-corrected chi connectivity index (χ3v) is 6.52. The lowest BCUT2D eigenvalue weighted by Gasteiger charge is -2.43. The summed E-state index contributed by atoms with van der Waals surface area (Å²) in [6, 6.07) is 1.31. The third-order valence-electron chi connectivity index (χ3n) is 6.52. The number of carbonyl (C=O) groups excluding carboxylic acids is 1. The van der Waals surface area contributed by atoms with Gasteiger partial charge in [0, 0.05) is 30.9 Å². The Labute approximate surface area is 164 Å². The van der Waals surface area contributed by atoms with Crippen molar-refractivity contribution in [3.63, 3.8) is 0 Å². The smallest absolute Gasteiger partial charge is 0.224 e. The summed E-state index contributed by atoms with van der Waals surface area (Å²) in [7, 11) is 0. The van der Waals surface area contributed by atoms with Gasteiger partial charge >= 0.3 is 0 Å². The predicted octanol–water partition coefficient (Wildman–Crippen LogP) is 2.27. The third kappa shape index (κ3) is 5.11. The molecule has 6 nitrogen and oxygen atoms in total. The molecule has 2 aliphatic heterocycles. The Morgan fingerprint density at radius 3 is 2.59 bits per heavy atom. The van der Waals surface area contributed by atoms with Gasteiger partial charge in [0.2, 0.25) is 5.91 Å². The zero-order valence-electron chi connectivity index (χ0n) is 17.6. The van der Waals surface area contributed by atoms with Crippen molar-refractivity contribution in [1.82, 2.24) is 25.3 Å². The van der Waals surface area contributed by atoms with Crippen LogP contribution in [0.4, 0.5) is 0 Å². The van der Waals surface area contributed by atoms with E-state index in [4.69, 9.17) is 0 Å². The van der Waals surface area contributed by atoms with Gasteiger partial charge in [0.25, 0.3) is 0 Å². The number of amides is 1. The summed E-state index contributed by atoms with van der Waals surface area (Å²) in [5.41, 5.74) is 3.38. The van der Waals surface area contributed by atoms with Gasteiger partial charge < -0.3 is 10.2 Å². The van der Waals surface area contributed by atoms with E-state index < -0.39 is 0 Å². The maximum absolute atomic E-state index is 12.7. The molecule has 2 aliphatic rings. The number of carbonyl (C=O) groups is 1. The molecule has 0 bridgehead atoms. The van der Waals surface area contributed by atoms with E-state index in [0.717, 1.165) is 43.7 Å². The summed E-state index contributed by atoms with van der Waals surface area (Å²) in [6.45, 7) is 13.8. The average Bonchev–Trinajstić information content (AvgIpc) is 3.00. The van der Waals surface area contributed by atoms with E-state index >= 15 is 0 Å². The Bertz CT molecular complexity index is 599. The highest BCUT2D eigenvalue weighted by atomic mass is 16.1. The predicted molar refractivity (Wildman–Crippen MR) is 109 cm³/mol. The molecular weight excluding hydrogens is 338 g/mol. The molecule has 0 aromatic carbocycles. The Kier molecular flexibility index (Phi) is 6.93. The lowest BCUT2D eigenvalue weighted by atomic mass is 9.93. The van der Waals surface area contributed by atoms with Gasteiger partial charge in [-0.05, 0) is 85.0 Å². The summed E-state index contributed by atoms with van der Waals surface area (Å²) < 4.78 is 0. The summed E-state index contributed by atoms with van der Waals surface area (Å²) in [5, 5.41) is 10.4. The van der Waals surface area contributed by atoms with Crippen molar-refractivity contribution in [2.75, 3.05) is 32.7 Å². The lowest BCUT2D eigenvalue weighted by Crippen LogP contribution is -2.51. The zero-order valence-corrected chi connectivity index (χ0v) is 17.6. The maximum atomic E-state index is 12.7. The number of hydrogen-bond donors (Lipinski definition) is 2. The molecule has 1 aromatic heterocycles. The van der Waals surface area contributed by atoms with E-state index in [9.17, 15) is 4.79 Å². The topological polar surface area (TPSA) is 64.3 Å². The Morgan fingerprint density at radius 2 is 1.96 bits per heavy atom. The number of H-pyrrole nitrogens is 1. The molecule has 2 saturated heterocycles. The molecule has 3 rings (SSSR count). The molecule has 2 fully saturated rings. The van der Waals surface area contributed by atoms with Crippen LogP contribution in [0.25, 0.3) is 0 Å². The fourth-order valence-corrected chi connectivity index (χ4v) is 4.72. The van der Waals surface area contributed by atoms with Crippen LogP contribution in [-0.4, -0.2) is 70.7 Å². The fourth-order valence-electron chi connectivity index (χ4n) is 4.72. The van der Waals surface area contributed by atoms with Crippen LogP contribution >= 0.6 is 0 Å². The number of aryl methyl sites for hydroxylation is 2. The number of aromatic nitrogens is 2. The molecule has 3 heterocycles. The maximum Gasteiger partial charge on any atom is 0.224 e. The van der Waals surface area contributed by atoms with E-state index in [1.807, 2.05) is 13.8 Å². The fraction of sp³-hybridized carbons (Fsp3) is 0.810. The van der Waals surface area contributed by atoms with Crippen LogP contribution in [0.5, 0.6) is 0 Å². The number of hydrogen-bond acceptors (Lipinski definition) is 4. The van der Waals surface area contributed by atoms with Gasteiger partial charge in [-0.25, -0.2) is 0 Å². The summed E-state index contributed by atoms with van der Waals surface area (Å²) in [5.74, 6) is 0.381. The largest absolute Gasteiger partial charge is 0.355 e. The van der Waals surface area contributed by atoms with E-state index in [-0.39, 0.29) is 11.8 Å². The van der Waals surface area contributed by atoms with Gasteiger partial charge in [0.05, 0.1) is 11.6 Å². The van der Waals surface area contributed by atoms with Crippen LogP contribution in [0.3, 0.4) is 0 Å². The first kappa shape index (κ1) is 20.3. The standard InChI is InChI=1S/C21H37N5O/c1-15(2)25-12-8-19(9-13-25)26-11-5-6-18(14-26)21(27)22-10-7-20-16(3)23-24-17(20)4/h15,18-19H,5-14H2,1-4H3,(H,22,27)(H,23,24). The van der Waals surface area contributed by atoms with Gasteiger partial charge in [0.15, 0.2) is 0 Å². The second-order valence-corrected chi connectivity index (χ2v) is 8.65. The molecule has 1 amide bonds. The molecule has 0 saturated carbocycles. The molecule has 0 aliphatic carbocycles. The first-order chi connectivity index (χ1) is 13.0. The summed E-state index contributed by atoms with van der Waals surface area (Å²) in [4.78, 5) is 17.9. The van der Waals surface area contributed by atoms with Gasteiger partial charge in [0.1, 0.15) is 0 Å². The van der Waals surface area contributed by atoms with Crippen LogP contribution in [0.1, 0.15) is 56.5 Å². The van der Waals surface area contributed by atoms with Crippen LogP contribution in [-0.2, 0) is 11.2 Å². The molecule has 1 aromatic rings. The number of piperidine rings is 2. The van der Waals surface area contributed by atoms with E-state index in [1.165, 1.54) is 31.5 Å². The highest BCUT2D eigenvalue weighted by molar-refractivity contribution is 5.79. The van der Waals surface area contributed by atoms with Crippen molar-refractivity contribution in [3.05, 3.63) is 17.0 Å². The van der Waals surface area contributed by atoms with Crippen molar-refractivity contribution in [3.8, 4) is 0 Å². The first-order valence-corrected chi connectivity index (χ1v) is 10.7. The van der Waals surface area contributed by atoms with E-state index in [1.54, 1.807) is 0 Å². The minimum atomic E-state index is 0.147. The van der Waals surface area contributed by atoms with Gasteiger partial charge in [-0.2, -0.15) is 5.10 Å². The molecule has 1 unspecified atom stereocenters. The zero-order chi connectivity index (χ0) is 19.4. The SMILES string of the molecule is Cc1n[nH]c(C)c1CCNC(=O)C1CCCN(C2CCN(C(C)C)CC2)C1. The van der Waals surface area contributed by atoms with E-state index in [2.05, 4.69) is 39.2 Å². The number of likely N-dealkylation sites (tertiary alicyclic amines) is 2. The molecule has 0 radical (unpaired) electrons. The highest BCUT2D eigenvalue weighted by Crippen LogP contribution is 2.24. The monoisotopic (exact) mass is 375 g/mol. The van der Waals surface area contributed by atoms with Crippen LogP contribution in [0, 0.1) is 19.8 Å². The molecule has 6 heteroatoms. The Balaban J connectivity index is 1.44. The van der Waals surface area contributed by atoms with Crippen LogP contribution in [0.15, 0.2) is 0 Å². The van der Waals surface area contributed by atoms with Crippen molar-refractivity contribution < 1.29 is 4.79 Å². The molecule has 0 spiro atoms. The number of nitrogens with zero attached hydrogens (tertiary/aromatic N) is 3. The molecular formula is C21H37N5O. The quantitative estimate of drug-likeness (QED) is 0.801. The van der Waals surface area contributed by atoms with Crippen LogP contribution < -0.4 is 5.32 Å². The molecule has 2 N–H and O–H groups in total. The summed E-state index contributed by atoms with van der Waals surface area (Å²) in [6.07, 6.45) is 5.50. The number of aromatic amines is 1. The molecule has 1 atom stereocenters. The molecule has 27 heavy (non-hydrogen) atoms. The highest BCUT2D eigenvalue weighted by Gasteiger charge is 2.31. The molecule has 152 valence electrons. The van der Waals surface area contributed by atoms with Gasteiger partial charge in [-0.3, -0.25) is 14.8 Å². The Morgan fingerprint density at radius 1 is 1.22 bits per heavy atom. The average molecular weight is 376 g/mol. The van der Waals surface area contributed by atoms with Crippen molar-refractivity contribution in [2.45, 2.75) is 71.9 Å². The first-order valence-electron chi connectivity index (χ1n) is 10.7. The van der Waals surface area contributed by atoms with Crippen molar-refractivity contribution >= 4 is 5.91 Å². The van der Waals surface area contributed by atoms with Gasteiger partial charge in [-0.1, -0.05) is 0 Å². The normalized spacial score (nSPS) is 23.1. The van der Waals surface area contributed by atoms with Crippen molar-refractivity contribution in [2.24, 2.45) is 5.92 Å². The second kappa shape index (κ2) is 9.20. The summed E-state index contributed by atoms with van der Waals surface area (Å²) >= 11 is 0. The number of nitrogens with one attached hydrogen (secondary N) is 2. The van der Waals surface area contributed by atoms with E-state index in [0.29, 0.717) is 18.6 Å². The second-order valence-electron chi connectivity index (χ2n) is 8.65. The van der Waals surface area contributed by atoms with Gasteiger partial charge in [-0.15, -0.1) is 0 Å². The van der Waals surface area contributed by atoms with Crippen LogP contribution in [0.2, 0.25) is 0 Å². The number of rotatable bonds is 6. The van der Waals surface area contributed by atoms with Crippen molar-refractivity contribution in [1.29, 1.82) is 0 Å². The lowest BCUT2D eigenvalue weighted by molar-refractivity contribution is -0.127. The Hall–Kier alpha value is -1.40.